The summed E-state index contributed by atoms with van der Waals surface area (Å²) in [5, 5.41) is 0. The molecule has 0 nitrogen and oxygen atoms in total. The first-order chi connectivity index (χ1) is 4.34. The Labute approximate surface area is 66.2 Å². The van der Waals surface area contributed by atoms with Crippen LogP contribution in [0.2, 0.25) is 0 Å². The van der Waals surface area contributed by atoms with Crippen molar-refractivity contribution >= 4 is 15.9 Å². The minimum absolute atomic E-state index is 0.806. The average Bonchev–Trinajstić information content (AvgIpc) is 2.37. The van der Waals surface area contributed by atoms with Gasteiger partial charge in [-0.2, -0.15) is 0 Å². The molecule has 0 aromatic rings. The summed E-state index contributed by atoms with van der Waals surface area (Å²) in [5.41, 5.74) is 0. The Balaban J connectivity index is 2.24. The number of hydrogen-bond donors (Lipinski definition) is 0. The second-order valence-electron chi connectivity index (χ2n) is 2.97. The lowest BCUT2D eigenvalue weighted by Gasteiger charge is -2.13. The molecule has 1 unspecified atom stereocenters. The van der Waals surface area contributed by atoms with E-state index in [1.165, 1.54) is 32.1 Å². The quantitative estimate of drug-likeness (QED) is 0.587. The number of hydrogen-bond acceptors (Lipinski definition) is 0. The molecule has 54 valence electrons. The van der Waals surface area contributed by atoms with Crippen molar-refractivity contribution in [3.8, 4) is 0 Å². The highest BCUT2D eigenvalue weighted by Gasteiger charge is 2.20. The van der Waals surface area contributed by atoms with Crippen LogP contribution in [-0.4, -0.2) is 4.83 Å². The molecule has 0 radical (unpaired) electrons. The van der Waals surface area contributed by atoms with Crippen molar-refractivity contribution in [2.45, 2.75) is 43.9 Å². The highest BCUT2D eigenvalue weighted by Crippen LogP contribution is 2.32. The molecule has 1 aliphatic rings. The number of halogens is 1. The molecule has 1 atom stereocenters. The molecule has 1 fully saturated rings. The van der Waals surface area contributed by atoms with E-state index in [4.69, 9.17) is 0 Å². The fraction of sp³-hybridized carbons (Fsp3) is 1.00. The van der Waals surface area contributed by atoms with Crippen molar-refractivity contribution < 1.29 is 0 Å². The van der Waals surface area contributed by atoms with Gasteiger partial charge in [0.25, 0.3) is 0 Å². The van der Waals surface area contributed by atoms with E-state index < -0.39 is 0 Å². The summed E-state index contributed by atoms with van der Waals surface area (Å²) in [7, 11) is 0. The Morgan fingerprint density at radius 1 is 1.44 bits per heavy atom. The summed E-state index contributed by atoms with van der Waals surface area (Å²) in [4.78, 5) is 0.806. The van der Waals surface area contributed by atoms with Gasteiger partial charge in [0.05, 0.1) is 0 Å². The first kappa shape index (κ1) is 7.59. The van der Waals surface area contributed by atoms with Gasteiger partial charge in [0.15, 0.2) is 0 Å². The van der Waals surface area contributed by atoms with Gasteiger partial charge in [-0.3, -0.25) is 0 Å². The van der Waals surface area contributed by atoms with Crippen LogP contribution < -0.4 is 0 Å². The van der Waals surface area contributed by atoms with Crippen LogP contribution in [0.5, 0.6) is 0 Å². The molecule has 0 bridgehead atoms. The van der Waals surface area contributed by atoms with E-state index >= 15 is 0 Å². The standard InChI is InChI=1S/C8H15Br/c1-2-8(9)7-5-3-4-6-7/h7-8H,2-6H2,1H3. The van der Waals surface area contributed by atoms with E-state index in [2.05, 4.69) is 22.9 Å². The third-order valence-corrected chi connectivity index (χ3v) is 3.70. The topological polar surface area (TPSA) is 0 Å². The SMILES string of the molecule is CCC(Br)C1CCCC1. The lowest BCUT2D eigenvalue weighted by molar-refractivity contribution is 0.518. The van der Waals surface area contributed by atoms with Crippen LogP contribution in [-0.2, 0) is 0 Å². The van der Waals surface area contributed by atoms with Gasteiger partial charge in [0.1, 0.15) is 0 Å². The molecule has 0 aromatic heterocycles. The smallest absolute Gasteiger partial charge is 0.0171 e. The molecule has 1 heteroatoms. The second kappa shape index (κ2) is 3.60. The van der Waals surface area contributed by atoms with Gasteiger partial charge in [0.2, 0.25) is 0 Å². The molecule has 9 heavy (non-hydrogen) atoms. The van der Waals surface area contributed by atoms with E-state index in [0.29, 0.717) is 0 Å². The van der Waals surface area contributed by atoms with Gasteiger partial charge < -0.3 is 0 Å². The Morgan fingerprint density at radius 2 is 2.00 bits per heavy atom. The van der Waals surface area contributed by atoms with Crippen molar-refractivity contribution in [2.24, 2.45) is 5.92 Å². The van der Waals surface area contributed by atoms with Crippen molar-refractivity contribution in [2.75, 3.05) is 0 Å². The van der Waals surface area contributed by atoms with Crippen molar-refractivity contribution in [3.05, 3.63) is 0 Å². The minimum Gasteiger partial charge on any atom is -0.0888 e. The maximum atomic E-state index is 3.70. The predicted molar refractivity (Wildman–Crippen MR) is 45.0 cm³/mol. The number of rotatable bonds is 2. The fourth-order valence-electron chi connectivity index (χ4n) is 1.65. The Kier molecular flexibility index (Phi) is 3.03. The summed E-state index contributed by atoms with van der Waals surface area (Å²) in [6.45, 7) is 2.26. The van der Waals surface area contributed by atoms with Gasteiger partial charge in [-0.15, -0.1) is 0 Å². The van der Waals surface area contributed by atoms with Crippen LogP contribution in [0.1, 0.15) is 39.0 Å². The molecule has 0 saturated heterocycles. The average molecular weight is 191 g/mol. The maximum Gasteiger partial charge on any atom is 0.0171 e. The molecule has 0 N–H and O–H groups in total. The van der Waals surface area contributed by atoms with Crippen LogP contribution in [0, 0.1) is 5.92 Å². The molecule has 0 spiro atoms. The van der Waals surface area contributed by atoms with Crippen LogP contribution in [0.15, 0.2) is 0 Å². The first-order valence-corrected chi connectivity index (χ1v) is 4.90. The third-order valence-electron chi connectivity index (χ3n) is 2.30. The zero-order valence-electron chi connectivity index (χ0n) is 6.07. The van der Waals surface area contributed by atoms with E-state index in [-0.39, 0.29) is 0 Å². The Morgan fingerprint density at radius 3 is 2.44 bits per heavy atom. The maximum absolute atomic E-state index is 3.70. The van der Waals surface area contributed by atoms with E-state index in [1.807, 2.05) is 0 Å². The monoisotopic (exact) mass is 190 g/mol. The Bertz CT molecular complexity index is 74.6. The summed E-state index contributed by atoms with van der Waals surface area (Å²) in [6.07, 6.45) is 7.15. The molecule has 1 aliphatic carbocycles. The summed E-state index contributed by atoms with van der Waals surface area (Å²) >= 11 is 3.70. The lowest BCUT2D eigenvalue weighted by atomic mass is 10.0. The third kappa shape index (κ3) is 1.96. The minimum atomic E-state index is 0.806. The summed E-state index contributed by atoms with van der Waals surface area (Å²) in [6, 6.07) is 0. The van der Waals surface area contributed by atoms with Gasteiger partial charge >= 0.3 is 0 Å². The largest absolute Gasteiger partial charge is 0.0888 e. The highest BCUT2D eigenvalue weighted by atomic mass is 79.9. The van der Waals surface area contributed by atoms with Crippen molar-refractivity contribution in [3.63, 3.8) is 0 Å². The summed E-state index contributed by atoms with van der Waals surface area (Å²) < 4.78 is 0. The van der Waals surface area contributed by atoms with E-state index in [0.717, 1.165) is 10.7 Å². The molecule has 0 aliphatic heterocycles. The van der Waals surface area contributed by atoms with Gasteiger partial charge in [-0.25, -0.2) is 0 Å². The molecule has 1 rings (SSSR count). The van der Waals surface area contributed by atoms with E-state index in [1.54, 1.807) is 0 Å². The fourth-order valence-corrected chi connectivity index (χ4v) is 2.18. The zero-order chi connectivity index (χ0) is 6.69. The predicted octanol–water partition coefficient (Wildman–Crippen LogP) is 3.35. The Hall–Kier alpha value is 0.480. The lowest BCUT2D eigenvalue weighted by Crippen LogP contribution is -2.08. The molecule has 0 amide bonds. The highest BCUT2D eigenvalue weighted by molar-refractivity contribution is 9.09. The van der Waals surface area contributed by atoms with E-state index in [9.17, 15) is 0 Å². The van der Waals surface area contributed by atoms with Crippen LogP contribution in [0.25, 0.3) is 0 Å². The number of alkyl halides is 1. The van der Waals surface area contributed by atoms with Crippen LogP contribution in [0.3, 0.4) is 0 Å². The van der Waals surface area contributed by atoms with Gasteiger partial charge in [0, 0.05) is 4.83 Å². The summed E-state index contributed by atoms with van der Waals surface area (Å²) in [5.74, 6) is 0.995. The van der Waals surface area contributed by atoms with Crippen LogP contribution in [0.4, 0.5) is 0 Å². The van der Waals surface area contributed by atoms with Gasteiger partial charge in [-0.1, -0.05) is 35.7 Å². The van der Waals surface area contributed by atoms with Crippen molar-refractivity contribution in [1.82, 2.24) is 0 Å². The van der Waals surface area contributed by atoms with Gasteiger partial charge in [-0.05, 0) is 25.2 Å². The first-order valence-electron chi connectivity index (χ1n) is 3.98. The normalized spacial score (nSPS) is 24.7. The van der Waals surface area contributed by atoms with Crippen LogP contribution >= 0.6 is 15.9 Å². The molecule has 0 aromatic carbocycles. The second-order valence-corrected chi connectivity index (χ2v) is 4.14. The molecule has 0 heterocycles. The molecular weight excluding hydrogens is 176 g/mol. The molecular formula is C8H15Br. The zero-order valence-corrected chi connectivity index (χ0v) is 7.65. The molecule has 1 saturated carbocycles. The van der Waals surface area contributed by atoms with Crippen molar-refractivity contribution in [1.29, 1.82) is 0 Å².